The molecule has 2 rings (SSSR count). The van der Waals surface area contributed by atoms with Crippen LogP contribution in [-0.2, 0) is 4.79 Å². The third-order valence-electron chi connectivity index (χ3n) is 3.28. The fourth-order valence-electron chi connectivity index (χ4n) is 2.21. The Balaban J connectivity index is 2.10. The zero-order valence-corrected chi connectivity index (χ0v) is 9.15. The molecular weight excluding hydrogens is 190 g/mol. The summed E-state index contributed by atoms with van der Waals surface area (Å²) in [5.41, 5.74) is 0. The molecule has 2 aliphatic rings. The lowest BCUT2D eigenvalue weighted by atomic mass is 10.2. The molecule has 0 bridgehead atoms. The first kappa shape index (κ1) is 10.4. The number of carbonyl (C=O) groups is 1. The molecule has 0 radical (unpaired) electrons. The maximum atomic E-state index is 12.2. The molecular formula is C11H17N3O. The summed E-state index contributed by atoms with van der Waals surface area (Å²) in [6, 6.07) is 2.38. The van der Waals surface area contributed by atoms with Gasteiger partial charge in [0.15, 0.2) is 0 Å². The van der Waals surface area contributed by atoms with Crippen LogP contribution in [0.15, 0.2) is 0 Å². The van der Waals surface area contributed by atoms with Crippen LogP contribution in [0, 0.1) is 11.3 Å². The van der Waals surface area contributed by atoms with Gasteiger partial charge in [0, 0.05) is 19.1 Å². The number of likely N-dealkylation sites (N-methyl/N-ethyl adjacent to an activating group) is 1. The monoisotopic (exact) mass is 207 g/mol. The third-order valence-corrected chi connectivity index (χ3v) is 3.28. The minimum Gasteiger partial charge on any atom is -0.338 e. The van der Waals surface area contributed by atoms with E-state index in [0.717, 1.165) is 32.4 Å². The first-order valence-electron chi connectivity index (χ1n) is 5.61. The zero-order valence-electron chi connectivity index (χ0n) is 9.15. The van der Waals surface area contributed by atoms with Crippen LogP contribution in [0.25, 0.3) is 0 Å². The Morgan fingerprint density at radius 3 is 2.80 bits per heavy atom. The zero-order chi connectivity index (χ0) is 10.8. The van der Waals surface area contributed by atoms with Gasteiger partial charge >= 0.3 is 0 Å². The maximum Gasteiger partial charge on any atom is 0.241 e. The molecule has 1 atom stereocenters. The highest BCUT2D eigenvalue weighted by Gasteiger charge is 2.38. The fraction of sp³-hybridized carbons (Fsp3) is 0.818. The Hall–Kier alpha value is -1.08. The number of hydrogen-bond donors (Lipinski definition) is 0. The van der Waals surface area contributed by atoms with Gasteiger partial charge in [0.25, 0.3) is 0 Å². The van der Waals surface area contributed by atoms with E-state index in [4.69, 9.17) is 5.26 Å². The summed E-state index contributed by atoms with van der Waals surface area (Å²) in [4.78, 5) is 16.2. The van der Waals surface area contributed by atoms with Gasteiger partial charge in [0.1, 0.15) is 6.04 Å². The number of amides is 1. The van der Waals surface area contributed by atoms with Crippen LogP contribution in [-0.4, -0.2) is 47.9 Å². The van der Waals surface area contributed by atoms with Crippen LogP contribution in [0.2, 0.25) is 0 Å². The van der Waals surface area contributed by atoms with Crippen LogP contribution < -0.4 is 0 Å². The minimum atomic E-state index is -0.210. The van der Waals surface area contributed by atoms with Gasteiger partial charge in [0.2, 0.25) is 5.91 Å². The van der Waals surface area contributed by atoms with Gasteiger partial charge in [-0.3, -0.25) is 9.69 Å². The van der Waals surface area contributed by atoms with Crippen LogP contribution in [0.4, 0.5) is 0 Å². The summed E-state index contributed by atoms with van der Waals surface area (Å²) < 4.78 is 0. The van der Waals surface area contributed by atoms with E-state index in [2.05, 4.69) is 6.07 Å². The molecule has 0 N–H and O–H groups in total. The molecule has 0 spiro atoms. The number of nitrogens with zero attached hydrogens (tertiary/aromatic N) is 3. The largest absolute Gasteiger partial charge is 0.338 e. The van der Waals surface area contributed by atoms with Crippen molar-refractivity contribution >= 4 is 5.91 Å². The van der Waals surface area contributed by atoms with Crippen molar-refractivity contribution in [2.75, 3.05) is 20.1 Å². The molecule has 15 heavy (non-hydrogen) atoms. The second-order valence-electron chi connectivity index (χ2n) is 4.48. The van der Waals surface area contributed by atoms with Gasteiger partial charge in [-0.15, -0.1) is 0 Å². The topological polar surface area (TPSA) is 47.3 Å². The predicted octanol–water partition coefficient (Wildman–Crippen LogP) is 0.595. The first-order chi connectivity index (χ1) is 7.24. The molecule has 1 saturated carbocycles. The van der Waals surface area contributed by atoms with E-state index in [9.17, 15) is 4.79 Å². The molecule has 4 nitrogen and oxygen atoms in total. The number of nitriles is 1. The van der Waals surface area contributed by atoms with E-state index >= 15 is 0 Å². The van der Waals surface area contributed by atoms with Crippen LogP contribution in [0.5, 0.6) is 0 Å². The first-order valence-corrected chi connectivity index (χ1v) is 5.61. The van der Waals surface area contributed by atoms with Crippen LogP contribution >= 0.6 is 0 Å². The van der Waals surface area contributed by atoms with Gasteiger partial charge in [-0.2, -0.15) is 5.26 Å². The van der Waals surface area contributed by atoms with Crippen molar-refractivity contribution in [1.82, 2.24) is 9.80 Å². The van der Waals surface area contributed by atoms with Gasteiger partial charge in [0.05, 0.1) is 12.5 Å². The molecule has 0 aromatic rings. The van der Waals surface area contributed by atoms with Crippen molar-refractivity contribution in [1.29, 1.82) is 5.26 Å². The summed E-state index contributed by atoms with van der Waals surface area (Å²) in [7, 11) is 1.94. The van der Waals surface area contributed by atoms with Crippen molar-refractivity contribution in [3.05, 3.63) is 0 Å². The van der Waals surface area contributed by atoms with Crippen molar-refractivity contribution in [2.45, 2.75) is 37.8 Å². The van der Waals surface area contributed by atoms with E-state index in [-0.39, 0.29) is 11.9 Å². The lowest BCUT2D eigenvalue weighted by molar-refractivity contribution is -0.135. The highest BCUT2D eigenvalue weighted by atomic mass is 16.2. The molecule has 1 aliphatic heterocycles. The summed E-state index contributed by atoms with van der Waals surface area (Å²) >= 11 is 0. The molecule has 82 valence electrons. The molecule has 1 saturated heterocycles. The molecule has 1 heterocycles. The van der Waals surface area contributed by atoms with Crippen molar-refractivity contribution in [3.8, 4) is 6.07 Å². The maximum absolute atomic E-state index is 12.2. The molecule has 0 aromatic heterocycles. The summed E-state index contributed by atoms with van der Waals surface area (Å²) in [6.45, 7) is 1.79. The smallest absolute Gasteiger partial charge is 0.241 e. The fourth-order valence-corrected chi connectivity index (χ4v) is 2.21. The minimum absolute atomic E-state index is 0.166. The SMILES string of the molecule is CN1CCCN(C2CC2)C(=O)C1CC#N. The second kappa shape index (κ2) is 4.19. The van der Waals surface area contributed by atoms with Crippen molar-refractivity contribution < 1.29 is 4.79 Å². The molecule has 1 aliphatic carbocycles. The highest BCUT2D eigenvalue weighted by Crippen LogP contribution is 2.29. The Labute approximate surface area is 90.5 Å². The summed E-state index contributed by atoms with van der Waals surface area (Å²) in [6.07, 6.45) is 3.64. The lowest BCUT2D eigenvalue weighted by Gasteiger charge is -2.26. The van der Waals surface area contributed by atoms with Gasteiger partial charge in [-0.05, 0) is 26.3 Å². The molecule has 2 fully saturated rings. The third kappa shape index (κ3) is 2.13. The quantitative estimate of drug-likeness (QED) is 0.666. The van der Waals surface area contributed by atoms with Gasteiger partial charge < -0.3 is 4.90 Å². The molecule has 1 amide bonds. The molecule has 4 heteroatoms. The predicted molar refractivity (Wildman–Crippen MR) is 56.0 cm³/mol. The van der Waals surface area contributed by atoms with Crippen molar-refractivity contribution in [3.63, 3.8) is 0 Å². The Bertz CT molecular complexity index is 293. The van der Waals surface area contributed by atoms with Crippen LogP contribution in [0.3, 0.4) is 0 Å². The van der Waals surface area contributed by atoms with E-state index in [1.807, 2.05) is 16.8 Å². The van der Waals surface area contributed by atoms with E-state index in [0.29, 0.717) is 12.5 Å². The Morgan fingerprint density at radius 1 is 1.47 bits per heavy atom. The molecule has 0 aromatic carbocycles. The Morgan fingerprint density at radius 2 is 2.20 bits per heavy atom. The Kier molecular flexibility index (Phi) is 2.92. The average Bonchev–Trinajstić information content (AvgIpc) is 3.02. The number of rotatable bonds is 2. The van der Waals surface area contributed by atoms with Crippen LogP contribution in [0.1, 0.15) is 25.7 Å². The number of hydrogen-bond acceptors (Lipinski definition) is 3. The van der Waals surface area contributed by atoms with Crippen molar-refractivity contribution in [2.24, 2.45) is 0 Å². The average molecular weight is 207 g/mol. The normalized spacial score (nSPS) is 28.7. The highest BCUT2D eigenvalue weighted by molar-refractivity contribution is 5.83. The van der Waals surface area contributed by atoms with Gasteiger partial charge in [-0.1, -0.05) is 0 Å². The second-order valence-corrected chi connectivity index (χ2v) is 4.48. The molecule has 1 unspecified atom stereocenters. The van der Waals surface area contributed by atoms with Gasteiger partial charge in [-0.25, -0.2) is 0 Å². The lowest BCUT2D eigenvalue weighted by Crippen LogP contribution is -2.45. The standard InChI is InChI=1S/C11H17N3O/c1-13-7-2-8-14(9-3-4-9)11(15)10(13)5-6-12/h9-10H,2-5,7-8H2,1H3. The number of carbonyl (C=O) groups excluding carboxylic acids is 1. The van der Waals surface area contributed by atoms with E-state index in [1.54, 1.807) is 0 Å². The van der Waals surface area contributed by atoms with E-state index < -0.39 is 0 Å². The summed E-state index contributed by atoms with van der Waals surface area (Å²) in [5, 5.41) is 8.74. The van der Waals surface area contributed by atoms with E-state index in [1.165, 1.54) is 0 Å². The summed E-state index contributed by atoms with van der Waals surface area (Å²) in [5.74, 6) is 0.166.